The highest BCUT2D eigenvalue weighted by molar-refractivity contribution is 7.52. The van der Waals surface area contributed by atoms with E-state index in [9.17, 15) is 14.5 Å². The van der Waals surface area contributed by atoms with E-state index in [1.807, 2.05) is 0 Å². The Morgan fingerprint density at radius 1 is 1.38 bits per heavy atom. The van der Waals surface area contributed by atoms with Crippen LogP contribution in [0, 0.1) is 0 Å². The summed E-state index contributed by atoms with van der Waals surface area (Å²) in [7, 11) is -4.30. The molecule has 6 atom stereocenters. The zero-order valence-corrected chi connectivity index (χ0v) is 23.9. The minimum atomic E-state index is -4.30. The number of imidazole rings is 1. The summed E-state index contributed by atoms with van der Waals surface area (Å²) >= 11 is 0. The Morgan fingerprint density at radius 3 is 2.79 bits per heavy atom. The van der Waals surface area contributed by atoms with Crippen molar-refractivity contribution in [3.63, 3.8) is 0 Å². The molecular weight excluding hydrogens is 572 g/mol. The number of aliphatic hydroxyl groups is 1. The number of ether oxygens (including phenoxy) is 2. The lowest BCUT2D eigenvalue weighted by molar-refractivity contribution is -0.144. The van der Waals surface area contributed by atoms with Gasteiger partial charge in [-0.2, -0.15) is 15.1 Å². The van der Waals surface area contributed by atoms with Gasteiger partial charge in [-0.25, -0.2) is 13.9 Å². The standard InChI is InChI=1S/C26H33FN7O7P/c1-4-26(27)20(35)18(13-39-42(37,33-15(3)23(36)38-5-2)41-17-9-7-6-8-10-17)40-24(26)34-14-29-19-21(30-16-11-12-16)31-25(28)32-22(19)34/h4,6-10,14-16,18,20,24,35H,1,5,11-13H2,2-3H3,(H,33,37)(H3,28,30,31,32)/t15-,18-,20-,24-,26-,42+/m1/s1. The molecule has 1 aromatic carbocycles. The highest BCUT2D eigenvalue weighted by Crippen LogP contribution is 2.48. The number of nitrogens with zero attached hydrogens (tertiary/aromatic N) is 4. The van der Waals surface area contributed by atoms with Crippen molar-refractivity contribution in [2.45, 2.75) is 62.9 Å². The molecule has 5 rings (SSSR count). The summed E-state index contributed by atoms with van der Waals surface area (Å²) in [5.74, 6) is -0.164. The van der Waals surface area contributed by atoms with Crippen LogP contribution < -0.4 is 20.7 Å². The van der Waals surface area contributed by atoms with E-state index in [2.05, 4.69) is 31.9 Å². The number of hydrogen-bond acceptors (Lipinski definition) is 12. The van der Waals surface area contributed by atoms with E-state index in [0.717, 1.165) is 18.9 Å². The first-order valence-electron chi connectivity index (χ1n) is 13.4. The predicted molar refractivity (Wildman–Crippen MR) is 150 cm³/mol. The van der Waals surface area contributed by atoms with E-state index in [-0.39, 0.29) is 30.0 Å². The van der Waals surface area contributed by atoms with Crippen LogP contribution in [0.15, 0.2) is 49.3 Å². The van der Waals surface area contributed by atoms with E-state index < -0.39 is 50.5 Å². The van der Waals surface area contributed by atoms with Gasteiger partial charge in [-0.15, -0.1) is 0 Å². The maximum absolute atomic E-state index is 16.4. The first-order chi connectivity index (χ1) is 20.1. The number of para-hydroxylation sites is 1. The first-order valence-corrected chi connectivity index (χ1v) is 15.0. The predicted octanol–water partition coefficient (Wildman–Crippen LogP) is 2.88. The number of nitrogens with two attached hydrogens (primary N) is 1. The molecule has 2 fully saturated rings. The van der Waals surface area contributed by atoms with E-state index >= 15 is 4.39 Å². The summed E-state index contributed by atoms with van der Waals surface area (Å²) in [5.41, 5.74) is 3.91. The van der Waals surface area contributed by atoms with Gasteiger partial charge in [-0.1, -0.05) is 24.8 Å². The fourth-order valence-electron chi connectivity index (χ4n) is 4.47. The number of fused-ring (bicyclic) bond motifs is 1. The van der Waals surface area contributed by atoms with Crippen molar-refractivity contribution in [2.75, 3.05) is 24.3 Å². The van der Waals surface area contributed by atoms with Gasteiger partial charge in [-0.05, 0) is 44.9 Å². The molecular formula is C26H33FN7O7P. The average Bonchev–Trinajstić information content (AvgIpc) is 3.62. The monoisotopic (exact) mass is 605 g/mol. The van der Waals surface area contributed by atoms with Gasteiger partial charge in [0.05, 0.1) is 19.5 Å². The highest BCUT2D eigenvalue weighted by atomic mass is 31.2. The smallest absolute Gasteiger partial charge is 0.459 e. The van der Waals surface area contributed by atoms with Gasteiger partial charge in [0.2, 0.25) is 11.6 Å². The molecule has 1 saturated heterocycles. The molecule has 226 valence electrons. The fraction of sp³-hybridized carbons (Fsp3) is 0.462. The number of rotatable bonds is 13. The largest absolute Gasteiger partial charge is 0.465 e. The van der Waals surface area contributed by atoms with E-state index in [1.54, 1.807) is 25.1 Å². The van der Waals surface area contributed by atoms with Gasteiger partial charge in [0.15, 0.2) is 23.2 Å². The Labute approximate surface area is 241 Å². The molecule has 3 heterocycles. The summed E-state index contributed by atoms with van der Waals surface area (Å²) in [4.78, 5) is 25.0. The highest BCUT2D eigenvalue weighted by Gasteiger charge is 2.57. The number of anilines is 2. The summed E-state index contributed by atoms with van der Waals surface area (Å²) in [6.45, 7) is 6.13. The number of alkyl halides is 1. The molecule has 2 aliphatic rings. The van der Waals surface area contributed by atoms with Crippen molar-refractivity contribution in [1.82, 2.24) is 24.6 Å². The van der Waals surface area contributed by atoms with E-state index in [0.29, 0.717) is 11.3 Å². The molecule has 0 unspecified atom stereocenters. The van der Waals surface area contributed by atoms with Crippen LogP contribution in [0.1, 0.15) is 32.9 Å². The van der Waals surface area contributed by atoms with Crippen LogP contribution in [0.3, 0.4) is 0 Å². The minimum Gasteiger partial charge on any atom is -0.465 e. The number of halogens is 1. The topological polar surface area (TPSA) is 185 Å². The van der Waals surface area contributed by atoms with Crippen LogP contribution >= 0.6 is 7.75 Å². The molecule has 0 radical (unpaired) electrons. The third-order valence-corrected chi connectivity index (χ3v) is 8.42. The van der Waals surface area contributed by atoms with Gasteiger partial charge in [0.1, 0.15) is 24.0 Å². The number of carbonyl (C=O) groups excluding carboxylic acids is 1. The van der Waals surface area contributed by atoms with Crippen LogP contribution in [0.4, 0.5) is 16.2 Å². The number of nitrogens with one attached hydrogen (secondary N) is 2. The maximum atomic E-state index is 16.4. The van der Waals surface area contributed by atoms with Crippen molar-refractivity contribution >= 4 is 36.6 Å². The van der Waals surface area contributed by atoms with Crippen molar-refractivity contribution in [3.8, 4) is 5.75 Å². The third kappa shape index (κ3) is 6.10. The van der Waals surface area contributed by atoms with Crippen LogP contribution in [0.2, 0.25) is 0 Å². The van der Waals surface area contributed by atoms with E-state index in [1.165, 1.54) is 30.0 Å². The second-order valence-corrected chi connectivity index (χ2v) is 11.7. The molecule has 1 saturated carbocycles. The lowest BCUT2D eigenvalue weighted by Crippen LogP contribution is -2.42. The number of benzene rings is 1. The quantitative estimate of drug-likeness (QED) is 0.127. The zero-order chi connectivity index (χ0) is 30.1. The van der Waals surface area contributed by atoms with Crippen molar-refractivity contribution in [2.24, 2.45) is 0 Å². The molecule has 2 aromatic heterocycles. The van der Waals surface area contributed by atoms with Crippen molar-refractivity contribution < 1.29 is 37.4 Å². The summed E-state index contributed by atoms with van der Waals surface area (Å²) in [6, 6.07) is 7.27. The third-order valence-electron chi connectivity index (χ3n) is 6.78. The molecule has 0 amide bonds. The normalized spacial score (nSPS) is 26.0. The van der Waals surface area contributed by atoms with Crippen LogP contribution in [-0.4, -0.2) is 73.8 Å². The SMILES string of the molecule is C=C[C@@]1(F)[C@H](O)[C@@H](CO[P@@](=O)(N[C@H](C)C(=O)OCC)Oc2ccccc2)O[C@H]1n1cnc2c(NC3CC3)nc(N)nc21. The molecule has 14 nitrogen and oxygen atoms in total. The Kier molecular flexibility index (Phi) is 8.49. The summed E-state index contributed by atoms with van der Waals surface area (Å²) in [5, 5.41) is 16.8. The molecule has 5 N–H and O–H groups in total. The maximum Gasteiger partial charge on any atom is 0.459 e. The average molecular weight is 606 g/mol. The Bertz CT molecular complexity index is 1490. The number of esters is 1. The summed E-state index contributed by atoms with van der Waals surface area (Å²) < 4.78 is 53.6. The van der Waals surface area contributed by atoms with Crippen molar-refractivity contribution in [1.29, 1.82) is 0 Å². The molecule has 16 heteroatoms. The Balaban J connectivity index is 1.39. The lowest BCUT2D eigenvalue weighted by Gasteiger charge is -2.26. The van der Waals surface area contributed by atoms with Gasteiger partial charge < -0.3 is 30.2 Å². The summed E-state index contributed by atoms with van der Waals surface area (Å²) in [6.07, 6.45) is -0.487. The minimum absolute atomic E-state index is 0.0605. The van der Waals surface area contributed by atoms with E-state index in [4.69, 9.17) is 24.3 Å². The fourth-order valence-corrected chi connectivity index (χ4v) is 5.97. The zero-order valence-electron chi connectivity index (χ0n) is 23.1. The number of aromatic nitrogens is 4. The van der Waals surface area contributed by atoms with Crippen LogP contribution in [0.25, 0.3) is 11.2 Å². The first kappa shape index (κ1) is 29.9. The van der Waals surface area contributed by atoms with Gasteiger partial charge >= 0.3 is 13.7 Å². The lowest BCUT2D eigenvalue weighted by atomic mass is 9.96. The van der Waals surface area contributed by atoms with Gasteiger partial charge in [-0.3, -0.25) is 13.9 Å². The second-order valence-electron chi connectivity index (χ2n) is 9.98. The molecule has 1 aliphatic carbocycles. The van der Waals surface area contributed by atoms with Gasteiger partial charge in [0.25, 0.3) is 0 Å². The Hall–Kier alpha value is -3.62. The molecule has 0 spiro atoms. The molecule has 1 aliphatic heterocycles. The van der Waals surface area contributed by atoms with Gasteiger partial charge in [0, 0.05) is 6.04 Å². The second kappa shape index (κ2) is 11.9. The number of nitrogen functional groups attached to an aromatic ring is 1. The molecule has 42 heavy (non-hydrogen) atoms. The molecule has 3 aromatic rings. The molecule has 0 bridgehead atoms. The van der Waals surface area contributed by atoms with Crippen LogP contribution in [-0.2, 0) is 23.4 Å². The van der Waals surface area contributed by atoms with Crippen molar-refractivity contribution in [3.05, 3.63) is 49.3 Å². The van der Waals surface area contributed by atoms with Crippen LogP contribution in [0.5, 0.6) is 5.75 Å². The number of carbonyl (C=O) groups is 1. The number of aliphatic hydroxyl groups excluding tert-OH is 1. The Morgan fingerprint density at radius 2 is 2.12 bits per heavy atom. The number of hydrogen-bond donors (Lipinski definition) is 4.